The minimum atomic E-state index is -0.925. The lowest BCUT2D eigenvalue weighted by atomic mass is 10.4. The highest BCUT2D eigenvalue weighted by Gasteiger charge is 2.14. The summed E-state index contributed by atoms with van der Waals surface area (Å²) in [5.74, 6) is -1.30. The number of rotatable bonds is 5. The first-order valence-corrected chi connectivity index (χ1v) is 7.64. The van der Waals surface area contributed by atoms with Crippen LogP contribution in [0, 0.1) is 6.92 Å². The van der Waals surface area contributed by atoms with Crippen LogP contribution in [-0.4, -0.2) is 37.9 Å². The first kappa shape index (κ1) is 13.9. The molecule has 0 unspecified atom stereocenters. The van der Waals surface area contributed by atoms with Gasteiger partial charge in [0, 0.05) is 0 Å². The topological polar surface area (TPSA) is 105 Å². The molecule has 0 aliphatic rings. The van der Waals surface area contributed by atoms with E-state index in [1.807, 2.05) is 0 Å². The number of carbonyl (C=O) groups is 2. The molecule has 2 aromatic rings. The number of carboxylic acids is 1. The van der Waals surface area contributed by atoms with Crippen molar-refractivity contribution in [1.29, 1.82) is 0 Å². The summed E-state index contributed by atoms with van der Waals surface area (Å²) < 4.78 is 0.499. The van der Waals surface area contributed by atoms with E-state index in [9.17, 15) is 9.59 Å². The number of aliphatic carboxylic acids is 1. The molecule has 0 aromatic carbocycles. The number of aromatic nitrogens is 3. The molecule has 19 heavy (non-hydrogen) atoms. The minimum absolute atomic E-state index is 0.0868. The highest BCUT2D eigenvalue weighted by atomic mass is 32.2. The van der Waals surface area contributed by atoms with Gasteiger partial charge in [-0.1, -0.05) is 23.1 Å². The molecule has 0 radical (unpaired) electrons. The molecule has 7 nitrogen and oxygen atoms in total. The van der Waals surface area contributed by atoms with Crippen LogP contribution in [0.5, 0.6) is 0 Å². The van der Waals surface area contributed by atoms with E-state index >= 15 is 0 Å². The Morgan fingerprint density at radius 2 is 2.26 bits per heavy atom. The van der Waals surface area contributed by atoms with Crippen molar-refractivity contribution in [2.75, 3.05) is 11.1 Å². The number of anilines is 1. The summed E-state index contributed by atoms with van der Waals surface area (Å²) in [7, 11) is 0. The van der Waals surface area contributed by atoms with Gasteiger partial charge in [0.05, 0.1) is 17.0 Å². The van der Waals surface area contributed by atoms with Crippen molar-refractivity contribution in [3.8, 4) is 0 Å². The number of amides is 1. The molecule has 2 N–H and O–H groups in total. The number of nitrogens with zero attached hydrogens (tertiary/aromatic N) is 3. The maximum atomic E-state index is 11.9. The van der Waals surface area contributed by atoms with Gasteiger partial charge in [-0.15, -0.1) is 21.5 Å². The largest absolute Gasteiger partial charge is 0.481 e. The Bertz CT molecular complexity index is 609. The van der Waals surface area contributed by atoms with Crippen molar-refractivity contribution in [3.63, 3.8) is 0 Å². The molecule has 2 aromatic heterocycles. The Labute approximate surface area is 120 Å². The lowest BCUT2D eigenvalue weighted by molar-refractivity contribution is -0.133. The summed E-state index contributed by atoms with van der Waals surface area (Å²) in [6, 6.07) is 0. The van der Waals surface area contributed by atoms with Crippen LogP contribution >= 0.6 is 34.4 Å². The number of hydrogen-bond donors (Lipinski definition) is 2. The zero-order chi connectivity index (χ0) is 13.8. The van der Waals surface area contributed by atoms with Gasteiger partial charge in [0.25, 0.3) is 5.91 Å². The molecule has 1 amide bonds. The SMILES string of the molecule is Cc1ncsc1C(=O)Nc1nnc(SCC(=O)O)s1. The fourth-order valence-corrected chi connectivity index (χ4v) is 3.28. The fraction of sp³-hybridized carbons (Fsp3) is 0.222. The molecule has 0 aliphatic carbocycles. The third kappa shape index (κ3) is 3.72. The normalized spacial score (nSPS) is 10.4. The zero-order valence-corrected chi connectivity index (χ0v) is 12.1. The van der Waals surface area contributed by atoms with E-state index in [-0.39, 0.29) is 11.7 Å². The smallest absolute Gasteiger partial charge is 0.313 e. The van der Waals surface area contributed by atoms with Gasteiger partial charge in [-0.3, -0.25) is 14.9 Å². The fourth-order valence-electron chi connectivity index (χ4n) is 1.12. The van der Waals surface area contributed by atoms with Crippen molar-refractivity contribution in [2.24, 2.45) is 0 Å². The Morgan fingerprint density at radius 1 is 1.47 bits per heavy atom. The lowest BCUT2D eigenvalue weighted by Gasteiger charge is -1.97. The molecule has 0 aliphatic heterocycles. The third-order valence-electron chi connectivity index (χ3n) is 1.90. The Balaban J connectivity index is 1.98. The van der Waals surface area contributed by atoms with Crippen LogP contribution < -0.4 is 5.32 Å². The van der Waals surface area contributed by atoms with Crippen LogP contribution in [0.15, 0.2) is 9.85 Å². The van der Waals surface area contributed by atoms with Gasteiger partial charge in [-0.25, -0.2) is 4.98 Å². The van der Waals surface area contributed by atoms with E-state index in [4.69, 9.17) is 5.11 Å². The van der Waals surface area contributed by atoms with E-state index in [0.29, 0.717) is 20.0 Å². The van der Waals surface area contributed by atoms with Gasteiger partial charge in [0.2, 0.25) is 5.13 Å². The molecule has 0 bridgehead atoms. The van der Waals surface area contributed by atoms with Crippen LogP contribution in [-0.2, 0) is 4.79 Å². The van der Waals surface area contributed by atoms with Gasteiger partial charge in [-0.2, -0.15) is 0 Å². The number of aryl methyl sites for hydroxylation is 1. The zero-order valence-electron chi connectivity index (χ0n) is 9.61. The Morgan fingerprint density at radius 3 is 2.89 bits per heavy atom. The molecule has 0 spiro atoms. The van der Waals surface area contributed by atoms with Crippen LogP contribution in [0.4, 0.5) is 5.13 Å². The third-order valence-corrected chi connectivity index (χ3v) is 4.78. The van der Waals surface area contributed by atoms with Gasteiger partial charge in [0.15, 0.2) is 4.34 Å². The molecule has 0 atom stereocenters. The van der Waals surface area contributed by atoms with Gasteiger partial charge in [-0.05, 0) is 6.92 Å². The second-order valence-corrected chi connectivity index (χ2v) is 6.33. The summed E-state index contributed by atoms with van der Waals surface area (Å²) in [6.07, 6.45) is 0. The predicted molar refractivity (Wildman–Crippen MR) is 73.1 cm³/mol. The number of carbonyl (C=O) groups excluding carboxylic acids is 1. The number of hydrogen-bond acceptors (Lipinski definition) is 8. The first-order valence-electron chi connectivity index (χ1n) is 4.96. The average Bonchev–Trinajstić information content (AvgIpc) is 2.95. The molecule has 2 rings (SSSR count). The molecule has 0 saturated heterocycles. The molecular weight excluding hydrogens is 308 g/mol. The Kier molecular flexibility index (Phi) is 4.45. The first-order chi connectivity index (χ1) is 9.06. The van der Waals surface area contributed by atoms with Crippen LogP contribution in [0.1, 0.15) is 15.4 Å². The summed E-state index contributed by atoms with van der Waals surface area (Å²) in [4.78, 5) is 26.8. The maximum absolute atomic E-state index is 11.9. The van der Waals surface area contributed by atoms with E-state index in [0.717, 1.165) is 23.1 Å². The van der Waals surface area contributed by atoms with Crippen molar-refractivity contribution < 1.29 is 14.7 Å². The monoisotopic (exact) mass is 316 g/mol. The number of nitrogens with one attached hydrogen (secondary N) is 1. The second-order valence-electron chi connectivity index (χ2n) is 3.28. The van der Waals surface area contributed by atoms with E-state index < -0.39 is 5.97 Å². The number of thiazole rings is 1. The standard InChI is InChI=1S/C9H8N4O3S3/c1-4-6(18-3-10-4)7(16)11-8-12-13-9(19-8)17-2-5(14)15/h3H,2H2,1H3,(H,14,15)(H,11,12,16). The predicted octanol–water partition coefficient (Wildman–Crippen LogP) is 1.73. The van der Waals surface area contributed by atoms with E-state index in [2.05, 4.69) is 20.5 Å². The molecule has 10 heteroatoms. The minimum Gasteiger partial charge on any atom is -0.481 e. The number of thioether (sulfide) groups is 1. The van der Waals surface area contributed by atoms with Gasteiger partial charge in [0.1, 0.15) is 4.88 Å². The molecule has 0 fully saturated rings. The maximum Gasteiger partial charge on any atom is 0.313 e. The summed E-state index contributed by atoms with van der Waals surface area (Å²) >= 11 is 3.45. The summed E-state index contributed by atoms with van der Waals surface area (Å²) in [6.45, 7) is 1.75. The van der Waals surface area contributed by atoms with Crippen molar-refractivity contribution in [3.05, 3.63) is 16.1 Å². The van der Waals surface area contributed by atoms with Crippen LogP contribution in [0.3, 0.4) is 0 Å². The number of carboxylic acid groups (broad SMARTS) is 1. The lowest BCUT2D eigenvalue weighted by Crippen LogP contribution is -2.11. The van der Waals surface area contributed by atoms with Gasteiger partial charge < -0.3 is 5.11 Å². The van der Waals surface area contributed by atoms with Crippen molar-refractivity contribution >= 4 is 51.4 Å². The Hall–Kier alpha value is -1.52. The summed E-state index contributed by atoms with van der Waals surface area (Å²) in [5, 5.41) is 19.1. The van der Waals surface area contributed by atoms with Crippen LogP contribution in [0.25, 0.3) is 0 Å². The summed E-state index contributed by atoms with van der Waals surface area (Å²) in [5.41, 5.74) is 2.26. The second kappa shape index (κ2) is 6.08. The van der Waals surface area contributed by atoms with Gasteiger partial charge >= 0.3 is 5.97 Å². The quantitative estimate of drug-likeness (QED) is 0.639. The van der Waals surface area contributed by atoms with Crippen LogP contribution in [0.2, 0.25) is 0 Å². The molecule has 100 valence electrons. The molecule has 2 heterocycles. The van der Waals surface area contributed by atoms with Crippen molar-refractivity contribution in [2.45, 2.75) is 11.3 Å². The van der Waals surface area contributed by atoms with E-state index in [1.54, 1.807) is 12.4 Å². The highest BCUT2D eigenvalue weighted by Crippen LogP contribution is 2.26. The average molecular weight is 316 g/mol. The molecular formula is C9H8N4O3S3. The van der Waals surface area contributed by atoms with Crippen molar-refractivity contribution in [1.82, 2.24) is 15.2 Å². The highest BCUT2D eigenvalue weighted by molar-refractivity contribution is 8.01. The molecule has 0 saturated carbocycles. The van der Waals surface area contributed by atoms with E-state index in [1.165, 1.54) is 11.3 Å².